The van der Waals surface area contributed by atoms with Crippen LogP contribution in [0.15, 0.2) is 30.3 Å². The van der Waals surface area contributed by atoms with Gasteiger partial charge in [0.05, 0.1) is 16.3 Å². The lowest BCUT2D eigenvalue weighted by atomic mass is 9.70. The Balaban J connectivity index is 1.22. The van der Waals surface area contributed by atoms with Gasteiger partial charge in [0.25, 0.3) is 0 Å². The van der Waals surface area contributed by atoms with Gasteiger partial charge in [-0.15, -0.1) is 10.2 Å². The van der Waals surface area contributed by atoms with Crippen LogP contribution in [0.3, 0.4) is 0 Å². The predicted molar refractivity (Wildman–Crippen MR) is 120 cm³/mol. The van der Waals surface area contributed by atoms with Crippen molar-refractivity contribution < 1.29 is 13.2 Å². The molecule has 3 fully saturated rings. The Morgan fingerprint density at radius 1 is 0.906 bits per heavy atom. The molecule has 32 heavy (non-hydrogen) atoms. The summed E-state index contributed by atoms with van der Waals surface area (Å²) in [6, 6.07) is 7.67. The fourth-order valence-corrected chi connectivity index (χ4v) is 5.58. The molecule has 1 aromatic heterocycles. The van der Waals surface area contributed by atoms with Gasteiger partial charge in [-0.1, -0.05) is 18.0 Å². The van der Waals surface area contributed by atoms with Gasteiger partial charge < -0.3 is 9.80 Å². The molecule has 5 rings (SSSR count). The van der Waals surface area contributed by atoms with Crippen molar-refractivity contribution in [1.82, 2.24) is 15.1 Å². The number of aromatic nitrogens is 2. The van der Waals surface area contributed by atoms with E-state index in [0.717, 1.165) is 49.9 Å². The number of anilines is 1. The molecule has 2 aliphatic heterocycles. The molecule has 3 heterocycles. The van der Waals surface area contributed by atoms with Crippen LogP contribution in [-0.2, 0) is 6.18 Å². The van der Waals surface area contributed by atoms with Crippen LogP contribution in [0, 0.1) is 5.41 Å². The van der Waals surface area contributed by atoms with Gasteiger partial charge in [0.2, 0.25) is 0 Å². The molecule has 0 N–H and O–H groups in total. The third kappa shape index (κ3) is 4.34. The van der Waals surface area contributed by atoms with Gasteiger partial charge in [-0.3, -0.25) is 0 Å². The number of nitrogens with zero attached hydrogens (tertiary/aromatic N) is 4. The molecule has 0 amide bonds. The van der Waals surface area contributed by atoms with Gasteiger partial charge in [-0.05, 0) is 87.4 Å². The SMILES string of the molecule is FC(F)(F)c1ccc(Cl)c(-c2ccc(N3CCC4(CC3)CCN(C3CCC3)CC4)nn2)c1. The number of hydrogen-bond acceptors (Lipinski definition) is 4. The Morgan fingerprint density at radius 3 is 2.16 bits per heavy atom. The average Bonchev–Trinajstić information content (AvgIpc) is 2.75. The van der Waals surface area contributed by atoms with Crippen LogP contribution in [0.2, 0.25) is 5.02 Å². The van der Waals surface area contributed by atoms with E-state index in [1.165, 1.54) is 51.3 Å². The highest BCUT2D eigenvalue weighted by molar-refractivity contribution is 6.33. The van der Waals surface area contributed by atoms with Crippen molar-refractivity contribution in [3.63, 3.8) is 0 Å². The highest BCUT2D eigenvalue weighted by Crippen LogP contribution is 2.43. The zero-order valence-electron chi connectivity index (χ0n) is 18.0. The second-order valence-electron chi connectivity index (χ2n) is 9.58. The first-order chi connectivity index (χ1) is 15.3. The van der Waals surface area contributed by atoms with E-state index in [4.69, 9.17) is 11.6 Å². The van der Waals surface area contributed by atoms with E-state index in [2.05, 4.69) is 20.0 Å². The topological polar surface area (TPSA) is 32.3 Å². The summed E-state index contributed by atoms with van der Waals surface area (Å²) in [4.78, 5) is 4.94. The Labute approximate surface area is 191 Å². The van der Waals surface area contributed by atoms with Crippen molar-refractivity contribution in [2.45, 2.75) is 57.2 Å². The maximum absolute atomic E-state index is 13.1. The second kappa shape index (κ2) is 8.49. The predicted octanol–water partition coefficient (Wildman–Crippen LogP) is 6.05. The monoisotopic (exact) mass is 464 g/mol. The van der Waals surface area contributed by atoms with Crippen molar-refractivity contribution in [2.24, 2.45) is 5.41 Å². The van der Waals surface area contributed by atoms with E-state index >= 15 is 0 Å². The number of likely N-dealkylation sites (tertiary alicyclic amines) is 1. The van der Waals surface area contributed by atoms with E-state index < -0.39 is 11.7 Å². The largest absolute Gasteiger partial charge is 0.416 e. The van der Waals surface area contributed by atoms with E-state index in [0.29, 0.717) is 11.1 Å². The molecule has 1 spiro atoms. The van der Waals surface area contributed by atoms with Crippen molar-refractivity contribution in [1.29, 1.82) is 0 Å². The molecule has 0 radical (unpaired) electrons. The number of piperidine rings is 2. The quantitative estimate of drug-likeness (QED) is 0.553. The summed E-state index contributed by atoms with van der Waals surface area (Å²) in [5, 5.41) is 8.76. The van der Waals surface area contributed by atoms with Crippen LogP contribution in [0.5, 0.6) is 0 Å². The highest BCUT2D eigenvalue weighted by atomic mass is 35.5. The fraction of sp³-hybridized carbons (Fsp3) is 0.583. The van der Waals surface area contributed by atoms with Gasteiger partial charge in [-0.25, -0.2) is 0 Å². The summed E-state index contributed by atoms with van der Waals surface area (Å²) in [5.41, 5.74) is 0.306. The molecular formula is C24H28ClF3N4. The fourth-order valence-electron chi connectivity index (χ4n) is 5.36. The Kier molecular flexibility index (Phi) is 5.82. The first-order valence-electron chi connectivity index (χ1n) is 11.5. The van der Waals surface area contributed by atoms with Crippen LogP contribution >= 0.6 is 11.6 Å². The lowest BCUT2D eigenvalue weighted by Crippen LogP contribution is -2.51. The number of benzene rings is 1. The van der Waals surface area contributed by atoms with Crippen molar-refractivity contribution in [3.05, 3.63) is 40.9 Å². The molecule has 172 valence electrons. The van der Waals surface area contributed by atoms with Crippen molar-refractivity contribution in [3.8, 4) is 11.3 Å². The number of halogens is 4. The van der Waals surface area contributed by atoms with Crippen LogP contribution in [0.25, 0.3) is 11.3 Å². The summed E-state index contributed by atoms with van der Waals surface area (Å²) in [6.45, 7) is 4.36. The maximum Gasteiger partial charge on any atom is 0.416 e. The molecule has 1 aromatic carbocycles. The van der Waals surface area contributed by atoms with Gasteiger partial charge in [0.1, 0.15) is 0 Å². The molecule has 3 aliphatic rings. The maximum atomic E-state index is 13.1. The van der Waals surface area contributed by atoms with Gasteiger partial charge in [0.15, 0.2) is 5.82 Å². The molecule has 0 atom stereocenters. The van der Waals surface area contributed by atoms with Crippen molar-refractivity contribution >= 4 is 17.4 Å². The second-order valence-corrected chi connectivity index (χ2v) is 9.98. The van der Waals surface area contributed by atoms with Crippen LogP contribution in [-0.4, -0.2) is 47.3 Å². The van der Waals surface area contributed by atoms with E-state index in [1.54, 1.807) is 6.07 Å². The van der Waals surface area contributed by atoms with Gasteiger partial charge >= 0.3 is 6.18 Å². The molecule has 2 saturated heterocycles. The standard InChI is InChI=1S/C24H28ClF3N4/c25-20-5-4-17(24(26,27)28)16-19(20)21-6-7-22(30-29-21)32-14-10-23(11-15-32)8-12-31(13-9-23)18-2-1-3-18/h4-7,16,18H,1-3,8-15H2. The Morgan fingerprint density at radius 2 is 1.59 bits per heavy atom. The summed E-state index contributed by atoms with van der Waals surface area (Å²) in [5.74, 6) is 0.776. The molecule has 8 heteroatoms. The van der Waals surface area contributed by atoms with Crippen LogP contribution in [0.1, 0.15) is 50.5 Å². The Hall–Kier alpha value is -1.86. The molecule has 4 nitrogen and oxygen atoms in total. The lowest BCUT2D eigenvalue weighted by Gasteiger charge is -2.50. The van der Waals surface area contributed by atoms with E-state index in [9.17, 15) is 13.2 Å². The molecular weight excluding hydrogens is 437 g/mol. The number of hydrogen-bond donors (Lipinski definition) is 0. The summed E-state index contributed by atoms with van der Waals surface area (Å²) in [6.07, 6.45) is 4.61. The highest BCUT2D eigenvalue weighted by Gasteiger charge is 2.40. The first-order valence-corrected chi connectivity index (χ1v) is 11.9. The minimum absolute atomic E-state index is 0.230. The molecule has 0 unspecified atom stereocenters. The average molecular weight is 465 g/mol. The minimum Gasteiger partial charge on any atom is -0.355 e. The first kappa shape index (κ1) is 22.0. The van der Waals surface area contributed by atoms with Crippen LogP contribution in [0.4, 0.5) is 19.0 Å². The normalized spacial score (nSPS) is 22.2. The zero-order valence-corrected chi connectivity index (χ0v) is 18.8. The third-order valence-electron chi connectivity index (χ3n) is 7.82. The lowest BCUT2D eigenvalue weighted by molar-refractivity contribution is -0.137. The summed E-state index contributed by atoms with van der Waals surface area (Å²) < 4.78 is 39.2. The smallest absolute Gasteiger partial charge is 0.355 e. The zero-order chi connectivity index (χ0) is 22.3. The summed E-state index contributed by atoms with van der Waals surface area (Å²) >= 11 is 6.15. The molecule has 0 bridgehead atoms. The van der Waals surface area contributed by atoms with Gasteiger partial charge in [-0.2, -0.15) is 13.2 Å². The number of rotatable bonds is 3. The van der Waals surface area contributed by atoms with E-state index in [-0.39, 0.29) is 10.6 Å². The third-order valence-corrected chi connectivity index (χ3v) is 8.15. The minimum atomic E-state index is -4.43. The number of alkyl halides is 3. The molecule has 1 aliphatic carbocycles. The Bertz CT molecular complexity index is 941. The van der Waals surface area contributed by atoms with Crippen LogP contribution < -0.4 is 4.90 Å². The van der Waals surface area contributed by atoms with Crippen molar-refractivity contribution in [2.75, 3.05) is 31.1 Å². The summed E-state index contributed by atoms with van der Waals surface area (Å²) in [7, 11) is 0. The van der Waals surface area contributed by atoms with Gasteiger partial charge in [0, 0.05) is 24.7 Å². The molecule has 2 aromatic rings. The molecule has 1 saturated carbocycles. The van der Waals surface area contributed by atoms with E-state index in [1.807, 2.05) is 6.07 Å².